The molecule has 27 heavy (non-hydrogen) atoms. The van der Waals surface area contributed by atoms with Gasteiger partial charge in [0.25, 0.3) is 0 Å². The van der Waals surface area contributed by atoms with Crippen LogP contribution in [-0.4, -0.2) is 48.8 Å². The molecule has 0 aromatic carbocycles. The zero-order valence-corrected chi connectivity index (χ0v) is 18.5. The minimum Gasteiger partial charge on any atom is -0.854 e. The van der Waals surface area contributed by atoms with Crippen molar-refractivity contribution >= 4 is 6.09 Å². The predicted octanol–water partition coefficient (Wildman–Crippen LogP) is 3.25. The highest BCUT2D eigenvalue weighted by atomic mass is 16.6. The first-order valence-corrected chi connectivity index (χ1v) is 10.2. The van der Waals surface area contributed by atoms with Gasteiger partial charge in [-0.3, -0.25) is 0 Å². The van der Waals surface area contributed by atoms with E-state index in [0.29, 0.717) is 13.0 Å². The summed E-state index contributed by atoms with van der Waals surface area (Å²) in [4.78, 5) is 12.0. The van der Waals surface area contributed by atoms with Gasteiger partial charge >= 0.3 is 6.09 Å². The van der Waals surface area contributed by atoms with Gasteiger partial charge in [-0.25, -0.2) is 4.79 Å². The first kappa shape index (κ1) is 26.1. The van der Waals surface area contributed by atoms with Gasteiger partial charge in [-0.05, 0) is 46.0 Å². The number of aliphatic hydroxyl groups is 1. The summed E-state index contributed by atoms with van der Waals surface area (Å²) in [5.41, 5.74) is -1.42. The predicted molar refractivity (Wildman–Crippen MR) is 107 cm³/mol. The monoisotopic (exact) mass is 388 g/mol. The molecule has 2 N–H and O–H groups in total. The molecule has 0 aliphatic carbocycles. The molecule has 0 aromatic rings. The lowest BCUT2D eigenvalue weighted by Gasteiger charge is -2.43. The molecular formula is C21H42NO5-. The van der Waals surface area contributed by atoms with Crippen LogP contribution in [0.3, 0.4) is 0 Å². The van der Waals surface area contributed by atoms with E-state index in [2.05, 4.69) is 26.1 Å². The molecular weight excluding hydrogens is 346 g/mol. The molecule has 0 spiro atoms. The fourth-order valence-corrected chi connectivity index (χ4v) is 2.67. The quantitative estimate of drug-likeness (QED) is 0.446. The molecule has 0 heterocycles. The minimum atomic E-state index is -0.853. The highest BCUT2D eigenvalue weighted by Crippen LogP contribution is 2.39. The Morgan fingerprint density at radius 1 is 1.11 bits per heavy atom. The number of carbonyl (C=O) groups is 1. The Bertz CT molecular complexity index is 421. The third-order valence-electron chi connectivity index (χ3n) is 5.83. The molecule has 0 saturated heterocycles. The Hall–Kier alpha value is -0.850. The Morgan fingerprint density at radius 3 is 2.26 bits per heavy atom. The summed E-state index contributed by atoms with van der Waals surface area (Å²) in [6.45, 7) is 14.7. The number of unbranched alkanes of at least 4 members (excludes halogenated alkanes) is 2. The van der Waals surface area contributed by atoms with Crippen molar-refractivity contribution in [3.8, 4) is 0 Å². The summed E-state index contributed by atoms with van der Waals surface area (Å²) in [5.74, 6) is -0.342. The van der Waals surface area contributed by atoms with Crippen LogP contribution in [0.2, 0.25) is 0 Å². The maximum Gasteiger partial charge on any atom is 0.407 e. The van der Waals surface area contributed by atoms with Crippen molar-refractivity contribution in [1.29, 1.82) is 0 Å². The highest BCUT2D eigenvalue weighted by Gasteiger charge is 2.40. The number of alkyl carbamates (subject to hydrolysis) is 1. The van der Waals surface area contributed by atoms with Gasteiger partial charge in [-0.2, -0.15) is 0 Å². The number of ether oxygens (including phenoxy) is 2. The maximum absolute atomic E-state index is 12.0. The topological polar surface area (TPSA) is 90.9 Å². The highest BCUT2D eigenvalue weighted by molar-refractivity contribution is 5.67. The number of carbonyl (C=O) groups excluding carboxylic acids is 1. The normalized spacial score (nSPS) is 14.1. The molecule has 1 unspecified atom stereocenters. The molecule has 0 aliphatic heterocycles. The molecule has 0 saturated carbocycles. The molecule has 1 atom stereocenters. The summed E-state index contributed by atoms with van der Waals surface area (Å²) in [7, 11) is 0. The molecule has 6 heteroatoms. The van der Waals surface area contributed by atoms with Gasteiger partial charge in [-0.1, -0.05) is 40.0 Å². The minimum absolute atomic E-state index is 0.0458. The third-order valence-corrected chi connectivity index (χ3v) is 5.83. The van der Waals surface area contributed by atoms with E-state index in [-0.39, 0.29) is 31.2 Å². The van der Waals surface area contributed by atoms with E-state index in [4.69, 9.17) is 9.47 Å². The summed E-state index contributed by atoms with van der Waals surface area (Å²) in [6.07, 6.45) is 3.87. The van der Waals surface area contributed by atoms with Gasteiger partial charge in [0.05, 0.1) is 18.8 Å². The van der Waals surface area contributed by atoms with Gasteiger partial charge in [0.15, 0.2) is 0 Å². The Kier molecular flexibility index (Phi) is 11.5. The van der Waals surface area contributed by atoms with E-state index >= 15 is 0 Å². The SMILES string of the molecule is CCCCNC(=O)OC(C)(C)C(CO)COC(C)(C)C(C)(C)CCCC[O-]. The van der Waals surface area contributed by atoms with E-state index < -0.39 is 17.3 Å². The van der Waals surface area contributed by atoms with Crippen molar-refractivity contribution in [3.63, 3.8) is 0 Å². The Labute approximate surface area is 166 Å². The summed E-state index contributed by atoms with van der Waals surface area (Å²) < 4.78 is 11.7. The zero-order chi connectivity index (χ0) is 21.1. The van der Waals surface area contributed by atoms with Crippen molar-refractivity contribution in [3.05, 3.63) is 0 Å². The van der Waals surface area contributed by atoms with Crippen LogP contribution in [0.25, 0.3) is 0 Å². The van der Waals surface area contributed by atoms with Crippen LogP contribution in [0.1, 0.15) is 80.6 Å². The van der Waals surface area contributed by atoms with Crippen molar-refractivity contribution in [1.82, 2.24) is 5.32 Å². The molecule has 6 nitrogen and oxygen atoms in total. The molecule has 0 bridgehead atoms. The van der Waals surface area contributed by atoms with Crippen molar-refractivity contribution in [2.24, 2.45) is 11.3 Å². The average Bonchev–Trinajstić information content (AvgIpc) is 2.54. The van der Waals surface area contributed by atoms with Gasteiger partial charge in [0.1, 0.15) is 5.60 Å². The van der Waals surface area contributed by atoms with Crippen LogP contribution in [0.15, 0.2) is 0 Å². The number of hydrogen-bond acceptors (Lipinski definition) is 5. The number of hydrogen-bond donors (Lipinski definition) is 2. The van der Waals surface area contributed by atoms with Crippen LogP contribution in [0.5, 0.6) is 0 Å². The van der Waals surface area contributed by atoms with Crippen LogP contribution in [-0.2, 0) is 9.47 Å². The van der Waals surface area contributed by atoms with E-state index in [1.54, 1.807) is 13.8 Å². The van der Waals surface area contributed by atoms with Crippen molar-refractivity contribution in [2.75, 3.05) is 26.4 Å². The van der Waals surface area contributed by atoms with Crippen LogP contribution < -0.4 is 10.4 Å². The first-order valence-electron chi connectivity index (χ1n) is 10.2. The molecule has 0 aliphatic rings. The Morgan fingerprint density at radius 2 is 1.74 bits per heavy atom. The van der Waals surface area contributed by atoms with Gasteiger partial charge < -0.3 is 25.0 Å². The second-order valence-corrected chi connectivity index (χ2v) is 9.02. The smallest absolute Gasteiger partial charge is 0.407 e. The van der Waals surface area contributed by atoms with Crippen LogP contribution in [0, 0.1) is 11.3 Å². The zero-order valence-electron chi connectivity index (χ0n) is 18.5. The Balaban J connectivity index is 4.77. The van der Waals surface area contributed by atoms with Gasteiger partial charge in [0, 0.05) is 12.5 Å². The molecule has 162 valence electrons. The fraction of sp³-hybridized carbons (Fsp3) is 0.952. The lowest BCUT2D eigenvalue weighted by atomic mass is 9.73. The molecule has 0 rings (SSSR count). The summed E-state index contributed by atoms with van der Waals surface area (Å²) in [6, 6.07) is 0. The number of amides is 1. The van der Waals surface area contributed by atoms with E-state index in [9.17, 15) is 15.0 Å². The molecule has 0 fully saturated rings. The largest absolute Gasteiger partial charge is 0.854 e. The number of aliphatic hydroxyl groups excluding tert-OH is 1. The fourth-order valence-electron chi connectivity index (χ4n) is 2.67. The lowest BCUT2D eigenvalue weighted by molar-refractivity contribution is -0.368. The summed E-state index contributed by atoms with van der Waals surface area (Å²) >= 11 is 0. The van der Waals surface area contributed by atoms with Crippen molar-refractivity contribution < 1.29 is 24.5 Å². The average molecular weight is 389 g/mol. The second kappa shape index (κ2) is 11.9. The van der Waals surface area contributed by atoms with Crippen molar-refractivity contribution in [2.45, 2.75) is 91.8 Å². The first-order chi connectivity index (χ1) is 12.4. The number of nitrogens with one attached hydrogen (secondary N) is 1. The lowest BCUT2D eigenvalue weighted by Crippen LogP contribution is -2.48. The van der Waals surface area contributed by atoms with Crippen LogP contribution in [0.4, 0.5) is 4.79 Å². The van der Waals surface area contributed by atoms with Crippen LogP contribution >= 0.6 is 0 Å². The van der Waals surface area contributed by atoms with E-state index in [1.807, 2.05) is 13.8 Å². The second-order valence-electron chi connectivity index (χ2n) is 9.02. The third kappa shape index (κ3) is 9.26. The molecule has 0 aromatic heterocycles. The molecule has 0 radical (unpaired) electrons. The standard InChI is InChI=1S/C21H42NO5/c1-8-9-13-22-18(25)27-20(4,5)17(15-24)16-26-21(6,7)19(2,3)12-10-11-14-23/h17,24H,8-16H2,1-7H3,(H,22,25)/q-1. The maximum atomic E-state index is 12.0. The molecule has 1 amide bonds. The van der Waals surface area contributed by atoms with E-state index in [1.165, 1.54) is 0 Å². The van der Waals surface area contributed by atoms with E-state index in [0.717, 1.165) is 25.7 Å². The van der Waals surface area contributed by atoms with Gasteiger partial charge in [-0.15, -0.1) is 6.61 Å². The summed E-state index contributed by atoms with van der Waals surface area (Å²) in [5, 5.41) is 23.3. The number of rotatable bonds is 14. The van der Waals surface area contributed by atoms with Gasteiger partial charge in [0.2, 0.25) is 0 Å².